The zero-order chi connectivity index (χ0) is 13.3. The maximum absolute atomic E-state index is 11.1. The lowest BCUT2D eigenvalue weighted by Gasteiger charge is -2.28. The maximum atomic E-state index is 11.1. The molecular formula is C10H13ClN2O4S. The molecule has 1 aliphatic heterocycles. The minimum absolute atomic E-state index is 0.126. The molecule has 0 radical (unpaired) electrons. The van der Waals surface area contributed by atoms with Crippen LogP contribution >= 0.6 is 11.6 Å². The Morgan fingerprint density at radius 1 is 1.50 bits per heavy atom. The topological polar surface area (TPSA) is 81.9 Å². The molecule has 0 unspecified atom stereocenters. The Morgan fingerprint density at radius 3 is 2.89 bits per heavy atom. The van der Waals surface area contributed by atoms with Crippen LogP contribution in [0.15, 0.2) is 18.2 Å². The first-order valence-electron chi connectivity index (χ1n) is 5.19. The lowest BCUT2D eigenvalue weighted by atomic mass is 10.2. The Kier molecular flexibility index (Phi) is 3.67. The highest BCUT2D eigenvalue weighted by atomic mass is 35.5. The molecule has 0 spiro atoms. The predicted molar refractivity (Wildman–Crippen MR) is 67.1 cm³/mol. The van der Waals surface area contributed by atoms with Crippen molar-refractivity contribution in [3.05, 3.63) is 23.2 Å². The van der Waals surface area contributed by atoms with E-state index in [0.29, 0.717) is 16.5 Å². The van der Waals surface area contributed by atoms with Crippen LogP contribution in [0.5, 0.6) is 11.5 Å². The highest BCUT2D eigenvalue weighted by Crippen LogP contribution is 2.34. The number of nitrogens with two attached hydrogens (primary N) is 1. The minimum Gasteiger partial charge on any atom is -0.486 e. The van der Waals surface area contributed by atoms with Gasteiger partial charge in [-0.2, -0.15) is 12.7 Å². The van der Waals surface area contributed by atoms with Crippen molar-refractivity contribution in [2.24, 2.45) is 5.14 Å². The second kappa shape index (κ2) is 4.93. The van der Waals surface area contributed by atoms with Gasteiger partial charge in [-0.05, 0) is 12.1 Å². The molecule has 0 bridgehead atoms. The largest absolute Gasteiger partial charge is 0.486 e. The summed E-state index contributed by atoms with van der Waals surface area (Å²) in [5.41, 5.74) is 0. The van der Waals surface area contributed by atoms with Gasteiger partial charge >= 0.3 is 0 Å². The van der Waals surface area contributed by atoms with E-state index in [1.54, 1.807) is 18.2 Å². The fourth-order valence-corrected chi connectivity index (χ4v) is 2.11. The van der Waals surface area contributed by atoms with E-state index in [4.69, 9.17) is 26.2 Å². The van der Waals surface area contributed by atoms with E-state index in [0.717, 1.165) is 4.31 Å². The summed E-state index contributed by atoms with van der Waals surface area (Å²) in [6, 6.07) is 5.01. The van der Waals surface area contributed by atoms with Gasteiger partial charge in [-0.1, -0.05) is 11.6 Å². The monoisotopic (exact) mass is 292 g/mol. The number of halogens is 1. The average Bonchev–Trinajstić information content (AvgIpc) is 2.28. The molecule has 0 aromatic heterocycles. The van der Waals surface area contributed by atoms with E-state index in [1.165, 1.54) is 7.05 Å². The SMILES string of the molecule is CN(C[C@H]1COc2cc(Cl)ccc2O1)S(N)(=O)=O. The standard InChI is InChI=1S/C10H13ClN2O4S/c1-13(18(12,14)15)5-8-6-16-10-4-7(11)2-3-9(10)17-8/h2-4,8H,5-6H2,1H3,(H2,12,14,15)/t8-/m0/s1. The predicted octanol–water partition coefficient (Wildman–Crippen LogP) is 0.615. The molecule has 2 rings (SSSR count). The number of likely N-dealkylation sites (N-methyl/N-ethyl adjacent to an activating group) is 1. The lowest BCUT2D eigenvalue weighted by Crippen LogP contribution is -2.44. The smallest absolute Gasteiger partial charge is 0.276 e. The summed E-state index contributed by atoms with van der Waals surface area (Å²) in [5.74, 6) is 1.09. The molecular weight excluding hydrogens is 280 g/mol. The number of hydrogen-bond acceptors (Lipinski definition) is 4. The summed E-state index contributed by atoms with van der Waals surface area (Å²) in [6.45, 7) is 0.369. The molecule has 8 heteroatoms. The Bertz CT molecular complexity index is 549. The van der Waals surface area contributed by atoms with E-state index < -0.39 is 16.3 Å². The Hall–Kier alpha value is -1.02. The normalized spacial score (nSPS) is 19.0. The van der Waals surface area contributed by atoms with Gasteiger partial charge < -0.3 is 9.47 Å². The van der Waals surface area contributed by atoms with Crippen molar-refractivity contribution < 1.29 is 17.9 Å². The van der Waals surface area contributed by atoms with Gasteiger partial charge in [0.2, 0.25) is 0 Å². The molecule has 1 aromatic rings. The molecule has 0 saturated carbocycles. The van der Waals surface area contributed by atoms with Crippen LogP contribution in [0.4, 0.5) is 0 Å². The molecule has 1 aliphatic rings. The summed E-state index contributed by atoms with van der Waals surface area (Å²) in [4.78, 5) is 0. The van der Waals surface area contributed by atoms with Crippen LogP contribution in [0.1, 0.15) is 0 Å². The third-order valence-corrected chi connectivity index (χ3v) is 3.77. The second-order valence-electron chi connectivity index (χ2n) is 3.97. The van der Waals surface area contributed by atoms with E-state index >= 15 is 0 Å². The quantitative estimate of drug-likeness (QED) is 0.885. The summed E-state index contributed by atoms with van der Waals surface area (Å²) in [7, 11) is -2.32. The second-order valence-corrected chi connectivity index (χ2v) is 6.06. The van der Waals surface area contributed by atoms with Crippen LogP contribution in [-0.2, 0) is 10.2 Å². The molecule has 1 heterocycles. The summed E-state index contributed by atoms with van der Waals surface area (Å²) < 4.78 is 34.3. The van der Waals surface area contributed by atoms with Crippen LogP contribution in [0.25, 0.3) is 0 Å². The van der Waals surface area contributed by atoms with Gasteiger partial charge in [-0.15, -0.1) is 0 Å². The number of nitrogens with zero attached hydrogens (tertiary/aromatic N) is 1. The molecule has 2 N–H and O–H groups in total. The van der Waals surface area contributed by atoms with E-state index in [9.17, 15) is 8.42 Å². The zero-order valence-corrected chi connectivity index (χ0v) is 11.2. The Balaban J connectivity index is 2.06. The first kappa shape index (κ1) is 13.4. The Morgan fingerprint density at radius 2 is 2.22 bits per heavy atom. The third-order valence-electron chi connectivity index (χ3n) is 2.52. The molecule has 0 fully saturated rings. The number of rotatable bonds is 3. The van der Waals surface area contributed by atoms with Crippen LogP contribution in [0, 0.1) is 0 Å². The zero-order valence-electron chi connectivity index (χ0n) is 9.67. The van der Waals surface area contributed by atoms with Gasteiger partial charge in [-0.25, -0.2) is 5.14 Å². The van der Waals surface area contributed by atoms with Crippen molar-refractivity contribution in [1.82, 2.24) is 4.31 Å². The highest BCUT2D eigenvalue weighted by molar-refractivity contribution is 7.86. The van der Waals surface area contributed by atoms with Gasteiger partial charge in [0.15, 0.2) is 11.5 Å². The average molecular weight is 293 g/mol. The van der Waals surface area contributed by atoms with Gasteiger partial charge in [-0.3, -0.25) is 0 Å². The van der Waals surface area contributed by atoms with Crippen molar-refractivity contribution in [3.8, 4) is 11.5 Å². The highest BCUT2D eigenvalue weighted by Gasteiger charge is 2.25. The van der Waals surface area contributed by atoms with Gasteiger partial charge in [0.05, 0.1) is 6.54 Å². The molecule has 1 atom stereocenters. The first-order chi connectivity index (χ1) is 8.36. The van der Waals surface area contributed by atoms with Crippen LogP contribution in [-0.4, -0.2) is 39.0 Å². The van der Waals surface area contributed by atoms with Gasteiger partial charge in [0.25, 0.3) is 10.2 Å². The molecule has 18 heavy (non-hydrogen) atoms. The summed E-state index contributed by atoms with van der Waals surface area (Å²) in [6.07, 6.45) is -0.401. The number of hydrogen-bond donors (Lipinski definition) is 1. The van der Waals surface area contributed by atoms with E-state index in [-0.39, 0.29) is 13.2 Å². The van der Waals surface area contributed by atoms with Crippen molar-refractivity contribution in [2.75, 3.05) is 20.2 Å². The van der Waals surface area contributed by atoms with Crippen LogP contribution in [0.2, 0.25) is 5.02 Å². The van der Waals surface area contributed by atoms with Crippen LogP contribution in [0.3, 0.4) is 0 Å². The van der Waals surface area contributed by atoms with Crippen LogP contribution < -0.4 is 14.6 Å². The van der Waals surface area contributed by atoms with Crippen molar-refractivity contribution in [3.63, 3.8) is 0 Å². The summed E-state index contributed by atoms with van der Waals surface area (Å²) >= 11 is 5.82. The maximum Gasteiger partial charge on any atom is 0.276 e. The molecule has 0 saturated heterocycles. The number of fused-ring (bicyclic) bond motifs is 1. The van der Waals surface area contributed by atoms with E-state index in [2.05, 4.69) is 0 Å². The molecule has 6 nitrogen and oxygen atoms in total. The first-order valence-corrected chi connectivity index (χ1v) is 7.07. The lowest BCUT2D eigenvalue weighted by molar-refractivity contribution is 0.0799. The van der Waals surface area contributed by atoms with E-state index in [1.807, 2.05) is 0 Å². The Labute approximate surface area is 110 Å². The fraction of sp³-hybridized carbons (Fsp3) is 0.400. The summed E-state index contributed by atoms with van der Waals surface area (Å²) in [5, 5.41) is 5.55. The van der Waals surface area contributed by atoms with Crippen molar-refractivity contribution in [2.45, 2.75) is 6.10 Å². The van der Waals surface area contributed by atoms with Gasteiger partial charge in [0.1, 0.15) is 12.7 Å². The molecule has 100 valence electrons. The molecule has 0 aliphatic carbocycles. The van der Waals surface area contributed by atoms with Gasteiger partial charge in [0, 0.05) is 18.1 Å². The third kappa shape index (κ3) is 3.05. The fourth-order valence-electron chi connectivity index (χ4n) is 1.57. The molecule has 0 amide bonds. The van der Waals surface area contributed by atoms with Crippen molar-refractivity contribution in [1.29, 1.82) is 0 Å². The minimum atomic E-state index is -3.71. The molecule has 1 aromatic carbocycles. The number of benzene rings is 1. The number of ether oxygens (including phenoxy) is 2. The van der Waals surface area contributed by atoms with Crippen molar-refractivity contribution >= 4 is 21.8 Å².